The first-order valence-electron chi connectivity index (χ1n) is 11.7. The molecule has 2 unspecified atom stereocenters. The van der Waals surface area contributed by atoms with Gasteiger partial charge < -0.3 is 4.74 Å². The maximum absolute atomic E-state index is 6.44. The lowest BCUT2D eigenvalue weighted by Crippen LogP contribution is -2.28. The van der Waals surface area contributed by atoms with E-state index in [2.05, 4.69) is 73.8 Å². The lowest BCUT2D eigenvalue weighted by atomic mass is 10.1. The van der Waals surface area contributed by atoms with Crippen molar-refractivity contribution in [3.8, 4) is 5.75 Å². The zero-order valence-corrected chi connectivity index (χ0v) is 19.5. The van der Waals surface area contributed by atoms with Gasteiger partial charge in [-0.05, 0) is 18.6 Å². The fourth-order valence-corrected chi connectivity index (χ4v) is 5.47. The van der Waals surface area contributed by atoms with Gasteiger partial charge in [0.25, 0.3) is 5.44 Å². The SMILES string of the molecule is CCCCCCCCCCCCC(Oc1ccccc1)[S+](C)Cc1ccccc1. The van der Waals surface area contributed by atoms with Crippen LogP contribution < -0.4 is 4.74 Å². The molecule has 0 bridgehead atoms. The molecule has 0 heterocycles. The molecule has 0 radical (unpaired) electrons. The molecular weight excluding hydrogens is 372 g/mol. The monoisotopic (exact) mass is 413 g/mol. The van der Waals surface area contributed by atoms with Crippen molar-refractivity contribution in [2.45, 2.75) is 88.7 Å². The van der Waals surface area contributed by atoms with Gasteiger partial charge in [0.2, 0.25) is 0 Å². The number of benzene rings is 2. The summed E-state index contributed by atoms with van der Waals surface area (Å²) < 4.78 is 6.44. The van der Waals surface area contributed by atoms with E-state index >= 15 is 0 Å². The molecule has 0 aromatic heterocycles. The van der Waals surface area contributed by atoms with E-state index < -0.39 is 0 Å². The van der Waals surface area contributed by atoms with E-state index in [-0.39, 0.29) is 10.9 Å². The molecule has 2 atom stereocenters. The summed E-state index contributed by atoms with van der Waals surface area (Å²) in [5.74, 6) is 2.12. The topological polar surface area (TPSA) is 9.23 Å². The highest BCUT2D eigenvalue weighted by Crippen LogP contribution is 2.22. The second-order valence-corrected chi connectivity index (χ2v) is 10.3. The van der Waals surface area contributed by atoms with Crippen molar-refractivity contribution in [1.29, 1.82) is 0 Å². The Labute approximate surface area is 182 Å². The average Bonchev–Trinajstić information content (AvgIpc) is 2.75. The smallest absolute Gasteiger partial charge is 0.256 e. The van der Waals surface area contributed by atoms with Gasteiger partial charge in [-0.3, -0.25) is 0 Å². The summed E-state index contributed by atoms with van der Waals surface area (Å²) in [6, 6.07) is 21.2. The van der Waals surface area contributed by atoms with Crippen molar-refractivity contribution in [3.05, 3.63) is 66.2 Å². The number of hydrogen-bond donors (Lipinski definition) is 0. The third-order valence-corrected chi connectivity index (χ3v) is 7.51. The highest BCUT2D eigenvalue weighted by molar-refractivity contribution is 7.95. The molecule has 160 valence electrons. The number of rotatable bonds is 16. The van der Waals surface area contributed by atoms with Crippen LogP contribution in [0.3, 0.4) is 0 Å². The van der Waals surface area contributed by atoms with Crippen molar-refractivity contribution in [3.63, 3.8) is 0 Å². The number of unbranched alkanes of at least 4 members (excludes halogenated alkanes) is 9. The Bertz CT molecular complexity index is 613. The van der Waals surface area contributed by atoms with Gasteiger partial charge in [-0.15, -0.1) is 0 Å². The highest BCUT2D eigenvalue weighted by Gasteiger charge is 2.27. The van der Waals surface area contributed by atoms with E-state index in [1.165, 1.54) is 69.8 Å². The van der Waals surface area contributed by atoms with Crippen molar-refractivity contribution in [2.24, 2.45) is 0 Å². The molecular formula is C27H41OS+. The Kier molecular flexibility index (Phi) is 12.7. The molecule has 2 heteroatoms. The zero-order chi connectivity index (χ0) is 20.6. The molecule has 29 heavy (non-hydrogen) atoms. The van der Waals surface area contributed by atoms with Gasteiger partial charge in [-0.2, -0.15) is 0 Å². The Balaban J connectivity index is 1.72. The van der Waals surface area contributed by atoms with Crippen molar-refractivity contribution >= 4 is 10.9 Å². The van der Waals surface area contributed by atoms with Crippen LogP contribution in [-0.2, 0) is 16.6 Å². The summed E-state index contributed by atoms with van der Waals surface area (Å²) in [5, 5.41) is 0. The quantitative estimate of drug-likeness (QED) is 0.199. The molecule has 0 aliphatic heterocycles. The van der Waals surface area contributed by atoms with Gasteiger partial charge in [-0.1, -0.05) is 113 Å². The maximum Gasteiger partial charge on any atom is 0.256 e. The second kappa shape index (κ2) is 15.4. The molecule has 0 saturated heterocycles. The predicted octanol–water partition coefficient (Wildman–Crippen LogP) is 8.15. The largest absolute Gasteiger partial charge is 0.446 e. The lowest BCUT2D eigenvalue weighted by molar-refractivity contribution is 0.268. The van der Waals surface area contributed by atoms with Gasteiger partial charge in [-0.25, -0.2) is 0 Å². The van der Waals surface area contributed by atoms with E-state index in [1.54, 1.807) is 0 Å². The highest BCUT2D eigenvalue weighted by atomic mass is 32.2. The summed E-state index contributed by atoms with van der Waals surface area (Å²) in [5.41, 5.74) is 1.73. The second-order valence-electron chi connectivity index (χ2n) is 8.15. The normalized spacial score (nSPS) is 13.2. The Morgan fingerprint density at radius 3 is 1.79 bits per heavy atom. The fourth-order valence-electron chi connectivity index (χ4n) is 3.72. The number of hydrogen-bond acceptors (Lipinski definition) is 1. The molecule has 0 fully saturated rings. The minimum Gasteiger partial charge on any atom is -0.446 e. The van der Waals surface area contributed by atoms with Crippen molar-refractivity contribution in [1.82, 2.24) is 0 Å². The van der Waals surface area contributed by atoms with Crippen LogP contribution in [0.1, 0.15) is 83.1 Å². The molecule has 2 rings (SSSR count). The molecule has 0 aliphatic carbocycles. The minimum atomic E-state index is 0.205. The first kappa shape index (κ1) is 23.9. The van der Waals surface area contributed by atoms with E-state index in [4.69, 9.17) is 4.74 Å². The molecule has 0 aliphatic rings. The molecule has 2 aromatic rings. The van der Waals surface area contributed by atoms with Gasteiger partial charge >= 0.3 is 0 Å². The fraction of sp³-hybridized carbons (Fsp3) is 0.556. The molecule has 0 spiro atoms. The summed E-state index contributed by atoms with van der Waals surface area (Å²) in [4.78, 5) is 0. The third-order valence-electron chi connectivity index (χ3n) is 5.49. The minimum absolute atomic E-state index is 0.205. The van der Waals surface area contributed by atoms with Gasteiger partial charge in [0.05, 0.1) is 0 Å². The predicted molar refractivity (Wildman–Crippen MR) is 131 cm³/mol. The third kappa shape index (κ3) is 10.8. The molecule has 0 amide bonds. The average molecular weight is 414 g/mol. The molecule has 1 nitrogen and oxygen atoms in total. The van der Waals surface area contributed by atoms with Crippen LogP contribution >= 0.6 is 0 Å². The van der Waals surface area contributed by atoms with Crippen molar-refractivity contribution < 1.29 is 4.74 Å². The standard InChI is InChI=1S/C27H41OS/c1-3-4-5-6-7-8-9-10-11-18-23-27(28-26-21-16-13-17-22-26)29(2)24-25-19-14-12-15-20-25/h12-17,19-22,27H,3-11,18,23-24H2,1-2H3/q+1. The summed E-state index contributed by atoms with van der Waals surface area (Å²) >= 11 is 0. The summed E-state index contributed by atoms with van der Waals surface area (Å²) in [7, 11) is 0.205. The maximum atomic E-state index is 6.44. The first-order chi connectivity index (χ1) is 14.3. The van der Waals surface area contributed by atoms with Crippen LogP contribution in [-0.4, -0.2) is 11.7 Å². The Hall–Kier alpha value is -1.41. The number of ether oxygens (including phenoxy) is 1. The summed E-state index contributed by atoms with van der Waals surface area (Å²) in [6.07, 6.45) is 17.4. The van der Waals surface area contributed by atoms with Crippen LogP contribution in [0.15, 0.2) is 60.7 Å². The molecule has 0 saturated carbocycles. The van der Waals surface area contributed by atoms with Crippen LogP contribution in [0.2, 0.25) is 0 Å². The van der Waals surface area contributed by atoms with Gasteiger partial charge in [0.1, 0.15) is 17.8 Å². The molecule has 2 aromatic carbocycles. The van der Waals surface area contributed by atoms with Gasteiger partial charge in [0.15, 0.2) is 0 Å². The molecule has 0 N–H and O–H groups in total. The van der Waals surface area contributed by atoms with E-state index in [1.807, 2.05) is 0 Å². The number of para-hydroxylation sites is 1. The van der Waals surface area contributed by atoms with Crippen LogP contribution in [0, 0.1) is 0 Å². The first-order valence-corrected chi connectivity index (χ1v) is 13.5. The van der Waals surface area contributed by atoms with Gasteiger partial charge in [0, 0.05) is 22.9 Å². The van der Waals surface area contributed by atoms with E-state index in [0.717, 1.165) is 17.9 Å². The van der Waals surface area contributed by atoms with E-state index in [0.29, 0.717) is 5.44 Å². The van der Waals surface area contributed by atoms with Crippen molar-refractivity contribution in [2.75, 3.05) is 6.26 Å². The van der Waals surface area contributed by atoms with Crippen LogP contribution in [0.4, 0.5) is 0 Å². The Morgan fingerprint density at radius 1 is 0.690 bits per heavy atom. The van der Waals surface area contributed by atoms with E-state index in [9.17, 15) is 0 Å². The summed E-state index contributed by atoms with van der Waals surface area (Å²) in [6.45, 7) is 2.29. The van der Waals surface area contributed by atoms with Crippen LogP contribution in [0.5, 0.6) is 5.75 Å². The van der Waals surface area contributed by atoms with Crippen LogP contribution in [0.25, 0.3) is 0 Å². The zero-order valence-electron chi connectivity index (χ0n) is 18.7. The lowest BCUT2D eigenvalue weighted by Gasteiger charge is -2.18. The Morgan fingerprint density at radius 2 is 1.21 bits per heavy atom.